The van der Waals surface area contributed by atoms with Gasteiger partial charge in [-0.2, -0.15) is 4.39 Å². The first-order chi connectivity index (χ1) is 21.4. The molecule has 1 aromatic heterocycles. The zero-order valence-electron chi connectivity index (χ0n) is 26.1. The van der Waals surface area contributed by atoms with Gasteiger partial charge in [-0.05, 0) is 45.7 Å². The number of oxime groups is 1. The predicted molar refractivity (Wildman–Crippen MR) is 156 cm³/mol. The Morgan fingerprint density at radius 3 is 2.51 bits per heavy atom. The van der Waals surface area contributed by atoms with Crippen molar-refractivity contribution in [3.05, 3.63) is 30.0 Å². The number of nitrogens with zero attached hydrogens (tertiary/aromatic N) is 5. The van der Waals surface area contributed by atoms with E-state index in [1.165, 1.54) is 37.2 Å². The molecule has 6 atom stereocenters. The van der Waals surface area contributed by atoms with Gasteiger partial charge in [-0.1, -0.05) is 10.4 Å². The Morgan fingerprint density at radius 2 is 1.87 bits per heavy atom. The second-order valence-corrected chi connectivity index (χ2v) is 12.6. The van der Waals surface area contributed by atoms with Crippen LogP contribution in [0.15, 0.2) is 23.5 Å². The van der Waals surface area contributed by atoms with Gasteiger partial charge in [0, 0.05) is 44.5 Å². The first kappa shape index (κ1) is 33.0. The van der Waals surface area contributed by atoms with E-state index in [0.29, 0.717) is 25.9 Å². The number of halogens is 2. The molecule has 248 valence electrons. The van der Waals surface area contributed by atoms with Crippen LogP contribution in [0.25, 0.3) is 11.3 Å². The molecular formula is C30H41F2N5O8. The molecule has 13 nitrogen and oxygen atoms in total. The number of ether oxygens (including phenoxy) is 4. The summed E-state index contributed by atoms with van der Waals surface area (Å²) in [5, 5.41) is 33.7. The van der Waals surface area contributed by atoms with Gasteiger partial charge in [0.2, 0.25) is 5.82 Å². The first-order valence-electron chi connectivity index (χ1n) is 15.1. The van der Waals surface area contributed by atoms with Gasteiger partial charge in [0.1, 0.15) is 41.8 Å². The van der Waals surface area contributed by atoms with Crippen LogP contribution < -0.4 is 4.74 Å². The van der Waals surface area contributed by atoms with E-state index in [4.69, 9.17) is 23.8 Å². The Kier molecular flexibility index (Phi) is 9.91. The third-order valence-electron chi connectivity index (χ3n) is 8.46. The second-order valence-electron chi connectivity index (χ2n) is 12.6. The highest BCUT2D eigenvalue weighted by molar-refractivity contribution is 5.88. The maximum absolute atomic E-state index is 14.8. The van der Waals surface area contributed by atoms with Crippen LogP contribution in [0.5, 0.6) is 5.75 Å². The monoisotopic (exact) mass is 637 g/mol. The molecule has 2 aromatic rings. The summed E-state index contributed by atoms with van der Waals surface area (Å²) in [6.07, 6.45) is -0.547. The summed E-state index contributed by atoms with van der Waals surface area (Å²) in [5.74, 6) is -2.38. The molecule has 0 spiro atoms. The van der Waals surface area contributed by atoms with Crippen LogP contribution in [-0.4, -0.2) is 112 Å². The highest BCUT2D eigenvalue weighted by atomic mass is 19.2. The zero-order valence-corrected chi connectivity index (χ0v) is 26.1. The van der Waals surface area contributed by atoms with Crippen LogP contribution in [0.1, 0.15) is 52.5 Å². The Hall–Kier alpha value is -3.40. The molecule has 0 saturated carbocycles. The molecular weight excluding hydrogens is 596 g/mol. The Labute approximate surface area is 260 Å². The Bertz CT molecular complexity index is 1380. The second kappa shape index (κ2) is 13.5. The fraction of sp³-hybridized carbons (Fsp3) is 0.667. The van der Waals surface area contributed by atoms with Gasteiger partial charge in [0.25, 0.3) is 0 Å². The van der Waals surface area contributed by atoms with E-state index in [1.807, 2.05) is 20.8 Å². The van der Waals surface area contributed by atoms with E-state index in [9.17, 15) is 23.8 Å². The summed E-state index contributed by atoms with van der Waals surface area (Å²) in [6, 6.07) is 1.74. The summed E-state index contributed by atoms with van der Waals surface area (Å²) in [4.78, 5) is 20.0. The van der Waals surface area contributed by atoms with Crippen molar-refractivity contribution in [2.45, 2.75) is 88.6 Å². The first-order valence-corrected chi connectivity index (χ1v) is 15.1. The van der Waals surface area contributed by atoms with E-state index in [-0.39, 0.29) is 35.1 Å². The number of benzene rings is 1. The van der Waals surface area contributed by atoms with Crippen molar-refractivity contribution in [1.29, 1.82) is 0 Å². The topological polar surface area (TPSA) is 150 Å². The molecule has 1 unspecified atom stereocenters. The summed E-state index contributed by atoms with van der Waals surface area (Å²) < 4.78 is 52.7. The van der Waals surface area contributed by atoms with Crippen molar-refractivity contribution in [3.8, 4) is 17.0 Å². The summed E-state index contributed by atoms with van der Waals surface area (Å²) in [6.45, 7) is 6.17. The number of aliphatic hydroxyl groups is 2. The van der Waals surface area contributed by atoms with Crippen molar-refractivity contribution in [2.75, 3.05) is 33.9 Å². The lowest BCUT2D eigenvalue weighted by Crippen LogP contribution is -2.57. The van der Waals surface area contributed by atoms with Gasteiger partial charge in [-0.25, -0.2) is 13.9 Å². The van der Waals surface area contributed by atoms with Gasteiger partial charge < -0.3 is 38.9 Å². The van der Waals surface area contributed by atoms with E-state index in [1.54, 1.807) is 4.90 Å². The standard InChI is InChI=1S/C30H41F2N5O8/c1-30(2,3)44-29(40)36-10-8-16(9-11-36)19-12-17(45-34-19)13-22-28(42-5)26(27(39)23(15-38)43-22)37-14-20(33-35-37)18-6-7-21(41-4)25(32)24(18)31/h6-7,14,16-17,22-23,26-28,38-39H,8-13,15H2,1-5H3/t17?,22-,23-,26+,27+,28+/m1/s1. The lowest BCUT2D eigenvalue weighted by atomic mass is 9.86. The Balaban J connectivity index is 1.25. The van der Waals surface area contributed by atoms with Crippen LogP contribution in [-0.2, 0) is 19.0 Å². The fourth-order valence-electron chi connectivity index (χ4n) is 6.19. The average Bonchev–Trinajstić information content (AvgIpc) is 3.68. The molecule has 0 radical (unpaired) electrons. The minimum Gasteiger partial charge on any atom is -0.494 e. The number of hydrogen-bond acceptors (Lipinski definition) is 11. The third-order valence-corrected chi connectivity index (χ3v) is 8.46. The molecule has 1 amide bonds. The smallest absolute Gasteiger partial charge is 0.410 e. The fourth-order valence-corrected chi connectivity index (χ4v) is 6.19. The van der Waals surface area contributed by atoms with Gasteiger partial charge in [0.15, 0.2) is 11.6 Å². The molecule has 2 fully saturated rings. The molecule has 1 aromatic carbocycles. The number of rotatable bonds is 8. The van der Waals surface area contributed by atoms with Gasteiger partial charge in [-0.3, -0.25) is 0 Å². The van der Waals surface area contributed by atoms with Crippen molar-refractivity contribution in [2.24, 2.45) is 11.1 Å². The number of hydrogen-bond donors (Lipinski definition) is 2. The van der Waals surface area contributed by atoms with Gasteiger partial charge in [0.05, 0.1) is 31.7 Å². The SMILES string of the molecule is COc1ccc(-c2cn([C@H]3[C@@H](O)[C@@H](CO)O[C@H](CC4CC(C5CCN(C(=O)OC(C)(C)C)CC5)=NO4)[C@@H]3OC)nn2)c(F)c1F. The van der Waals surface area contributed by atoms with Crippen molar-refractivity contribution < 1.29 is 47.6 Å². The van der Waals surface area contributed by atoms with Gasteiger partial charge >= 0.3 is 6.09 Å². The molecule has 3 aliphatic rings. The van der Waals surface area contributed by atoms with E-state index < -0.39 is 54.3 Å². The summed E-state index contributed by atoms with van der Waals surface area (Å²) in [5.41, 5.74) is 0.263. The van der Waals surface area contributed by atoms with Crippen LogP contribution in [0.4, 0.5) is 13.6 Å². The number of piperidine rings is 1. The maximum atomic E-state index is 14.8. The molecule has 45 heavy (non-hydrogen) atoms. The van der Waals surface area contributed by atoms with Crippen LogP contribution in [0, 0.1) is 17.6 Å². The summed E-state index contributed by atoms with van der Waals surface area (Å²) in [7, 11) is 2.70. The molecule has 2 N–H and O–H groups in total. The minimum atomic E-state index is -1.25. The molecule has 5 rings (SSSR count). The molecule has 15 heteroatoms. The highest BCUT2D eigenvalue weighted by Gasteiger charge is 2.48. The number of aliphatic hydroxyl groups excluding tert-OH is 2. The molecule has 2 saturated heterocycles. The average molecular weight is 638 g/mol. The zero-order chi connectivity index (χ0) is 32.5. The molecule has 4 heterocycles. The number of carbonyl (C=O) groups excluding carboxylic acids is 1. The number of likely N-dealkylation sites (tertiary alicyclic amines) is 1. The molecule has 0 aliphatic carbocycles. The predicted octanol–water partition coefficient (Wildman–Crippen LogP) is 3.09. The Morgan fingerprint density at radius 1 is 1.13 bits per heavy atom. The van der Waals surface area contributed by atoms with Gasteiger partial charge in [-0.15, -0.1) is 5.10 Å². The van der Waals surface area contributed by atoms with E-state index >= 15 is 0 Å². The largest absolute Gasteiger partial charge is 0.494 e. The van der Waals surface area contributed by atoms with E-state index in [2.05, 4.69) is 15.5 Å². The summed E-state index contributed by atoms with van der Waals surface area (Å²) >= 11 is 0. The third kappa shape index (κ3) is 7.05. The lowest BCUT2D eigenvalue weighted by Gasteiger charge is -2.44. The number of methoxy groups -OCH3 is 2. The number of amides is 1. The number of carbonyl (C=O) groups is 1. The molecule has 3 aliphatic heterocycles. The van der Waals surface area contributed by atoms with Crippen LogP contribution >= 0.6 is 0 Å². The van der Waals surface area contributed by atoms with Crippen LogP contribution in [0.2, 0.25) is 0 Å². The van der Waals surface area contributed by atoms with Crippen molar-refractivity contribution >= 4 is 11.8 Å². The van der Waals surface area contributed by atoms with Crippen molar-refractivity contribution in [1.82, 2.24) is 19.9 Å². The lowest BCUT2D eigenvalue weighted by molar-refractivity contribution is -0.219. The normalized spacial score (nSPS) is 27.7. The maximum Gasteiger partial charge on any atom is 0.410 e. The minimum absolute atomic E-state index is 0.0366. The number of aromatic nitrogens is 3. The quantitative estimate of drug-likeness (QED) is 0.442. The van der Waals surface area contributed by atoms with E-state index in [0.717, 1.165) is 18.6 Å². The van der Waals surface area contributed by atoms with Crippen LogP contribution in [0.3, 0.4) is 0 Å². The molecule has 0 bridgehead atoms. The van der Waals surface area contributed by atoms with Crippen molar-refractivity contribution in [3.63, 3.8) is 0 Å². The highest BCUT2D eigenvalue weighted by Crippen LogP contribution is 2.37.